The van der Waals surface area contributed by atoms with Crippen LogP contribution in [0.3, 0.4) is 0 Å². The fourth-order valence-corrected chi connectivity index (χ4v) is 7.07. The van der Waals surface area contributed by atoms with Crippen molar-refractivity contribution in [3.63, 3.8) is 0 Å². The Balaban J connectivity index is 1.83. The Morgan fingerprint density at radius 3 is 1.63 bits per heavy atom. The van der Waals surface area contributed by atoms with Crippen molar-refractivity contribution >= 4 is 11.9 Å². The van der Waals surface area contributed by atoms with Gasteiger partial charge in [0, 0.05) is 12.8 Å². The van der Waals surface area contributed by atoms with Gasteiger partial charge in [-0.2, -0.15) is 0 Å². The molecule has 0 aromatic heterocycles. The highest BCUT2D eigenvalue weighted by molar-refractivity contribution is 5.70. The van der Waals surface area contributed by atoms with Crippen molar-refractivity contribution in [2.45, 2.75) is 251 Å². The first kappa shape index (κ1) is 48.6. The number of aliphatic hydroxyl groups excluding tert-OH is 1. The van der Waals surface area contributed by atoms with Crippen LogP contribution in [0.15, 0.2) is 12.2 Å². The Hall–Kier alpha value is -1.40. The standard InChI is InChI=1S/C46H86O6/c1-4-6-7-8-25-30-35-43-44(52-43)36-31-26-23-28-32-37-45(48)50-40-42(39-47)51-46(49)38-33-27-22-20-18-16-14-12-10-9-11-13-15-17-19-21-24-29-34-41(3)5-2/h25,30,41-44,47H,4-24,26-29,31-40H2,1-3H3/b30-25-/t41?,42-,43?,44?/m0/s1. The minimum atomic E-state index is -0.777. The number of unbranched alkanes of at least 4 members (excludes halogenated alkanes) is 24. The molecule has 0 aromatic carbocycles. The first-order chi connectivity index (χ1) is 25.5. The first-order valence-electron chi connectivity index (χ1n) is 22.8. The van der Waals surface area contributed by atoms with E-state index in [0.29, 0.717) is 25.0 Å². The van der Waals surface area contributed by atoms with Crippen molar-refractivity contribution in [3.8, 4) is 0 Å². The van der Waals surface area contributed by atoms with Crippen LogP contribution < -0.4 is 0 Å². The summed E-state index contributed by atoms with van der Waals surface area (Å²) >= 11 is 0. The lowest BCUT2D eigenvalue weighted by atomic mass is 9.99. The summed E-state index contributed by atoms with van der Waals surface area (Å²) in [6.45, 7) is 6.52. The molecule has 0 amide bonds. The topological polar surface area (TPSA) is 85.4 Å². The van der Waals surface area contributed by atoms with Crippen molar-refractivity contribution in [1.82, 2.24) is 0 Å². The summed E-state index contributed by atoms with van der Waals surface area (Å²) in [5.41, 5.74) is 0. The minimum absolute atomic E-state index is 0.0730. The van der Waals surface area contributed by atoms with Gasteiger partial charge in [-0.05, 0) is 44.4 Å². The van der Waals surface area contributed by atoms with Gasteiger partial charge in [-0.25, -0.2) is 0 Å². The zero-order valence-corrected chi connectivity index (χ0v) is 34.7. The van der Waals surface area contributed by atoms with E-state index in [9.17, 15) is 14.7 Å². The van der Waals surface area contributed by atoms with E-state index in [1.807, 2.05) is 0 Å². The summed E-state index contributed by atoms with van der Waals surface area (Å²) in [7, 11) is 0. The van der Waals surface area contributed by atoms with E-state index in [2.05, 4.69) is 32.9 Å². The molecule has 6 heteroatoms. The molecular formula is C46H86O6. The van der Waals surface area contributed by atoms with Crippen LogP contribution in [0.4, 0.5) is 0 Å². The van der Waals surface area contributed by atoms with Crippen molar-refractivity contribution in [2.24, 2.45) is 5.92 Å². The molecule has 3 unspecified atom stereocenters. The molecule has 6 nitrogen and oxygen atoms in total. The summed E-state index contributed by atoms with van der Waals surface area (Å²) in [6.07, 6.45) is 44.4. The lowest BCUT2D eigenvalue weighted by molar-refractivity contribution is -0.161. The van der Waals surface area contributed by atoms with Crippen LogP contribution in [-0.2, 0) is 23.8 Å². The molecule has 0 radical (unpaired) electrons. The normalized spacial score (nSPS) is 16.7. The number of carbonyl (C=O) groups is 2. The lowest BCUT2D eigenvalue weighted by Gasteiger charge is -2.15. The predicted molar refractivity (Wildman–Crippen MR) is 219 cm³/mol. The quantitative estimate of drug-likeness (QED) is 0.0292. The minimum Gasteiger partial charge on any atom is -0.462 e. The van der Waals surface area contributed by atoms with E-state index in [1.165, 1.54) is 141 Å². The number of ether oxygens (including phenoxy) is 3. The van der Waals surface area contributed by atoms with Crippen LogP contribution >= 0.6 is 0 Å². The number of allylic oxidation sites excluding steroid dienone is 1. The Labute approximate surface area is 322 Å². The van der Waals surface area contributed by atoms with Gasteiger partial charge in [0.1, 0.15) is 6.61 Å². The number of carbonyl (C=O) groups excluding carboxylic acids is 2. The van der Waals surface area contributed by atoms with E-state index in [0.717, 1.165) is 63.7 Å². The van der Waals surface area contributed by atoms with Crippen LogP contribution in [0.25, 0.3) is 0 Å². The third-order valence-electron chi connectivity index (χ3n) is 11.0. The van der Waals surface area contributed by atoms with Crippen LogP contribution in [-0.4, -0.2) is 48.6 Å². The van der Waals surface area contributed by atoms with Gasteiger partial charge in [-0.3, -0.25) is 9.59 Å². The van der Waals surface area contributed by atoms with E-state index >= 15 is 0 Å². The second-order valence-electron chi connectivity index (χ2n) is 16.1. The summed E-state index contributed by atoms with van der Waals surface area (Å²) in [6, 6.07) is 0. The van der Waals surface area contributed by atoms with Gasteiger partial charge >= 0.3 is 11.9 Å². The summed E-state index contributed by atoms with van der Waals surface area (Å²) in [4.78, 5) is 24.4. The molecule has 0 spiro atoms. The Bertz CT molecular complexity index is 828. The smallest absolute Gasteiger partial charge is 0.306 e. The van der Waals surface area contributed by atoms with Gasteiger partial charge in [-0.1, -0.05) is 193 Å². The molecule has 1 rings (SSSR count). The highest BCUT2D eigenvalue weighted by atomic mass is 16.6. The van der Waals surface area contributed by atoms with Crippen LogP contribution in [0, 0.1) is 5.92 Å². The molecule has 0 aliphatic carbocycles. The molecule has 1 fully saturated rings. The number of aliphatic hydroxyl groups is 1. The molecule has 0 bridgehead atoms. The van der Waals surface area contributed by atoms with Gasteiger partial charge < -0.3 is 19.3 Å². The summed E-state index contributed by atoms with van der Waals surface area (Å²) in [5.74, 6) is 0.311. The van der Waals surface area contributed by atoms with E-state index in [-0.39, 0.29) is 25.2 Å². The average Bonchev–Trinajstić information content (AvgIpc) is 3.90. The second-order valence-corrected chi connectivity index (χ2v) is 16.1. The summed E-state index contributed by atoms with van der Waals surface area (Å²) in [5, 5.41) is 9.60. The predicted octanol–water partition coefficient (Wildman–Crippen LogP) is 13.3. The molecule has 0 saturated carbocycles. The third-order valence-corrected chi connectivity index (χ3v) is 11.0. The third kappa shape index (κ3) is 32.1. The Kier molecular flexibility index (Phi) is 34.2. The van der Waals surface area contributed by atoms with Crippen LogP contribution in [0.2, 0.25) is 0 Å². The molecule has 1 aliphatic rings. The molecule has 4 atom stereocenters. The first-order valence-corrected chi connectivity index (χ1v) is 22.8. The Morgan fingerprint density at radius 2 is 1.12 bits per heavy atom. The molecular weight excluding hydrogens is 648 g/mol. The van der Waals surface area contributed by atoms with Gasteiger partial charge in [0.05, 0.1) is 18.8 Å². The molecule has 1 N–H and O–H groups in total. The molecule has 1 saturated heterocycles. The highest BCUT2D eigenvalue weighted by Crippen LogP contribution is 2.30. The lowest BCUT2D eigenvalue weighted by Crippen LogP contribution is -2.28. The van der Waals surface area contributed by atoms with Gasteiger partial charge in [0.15, 0.2) is 6.10 Å². The molecule has 1 heterocycles. The van der Waals surface area contributed by atoms with Gasteiger partial charge in [0.2, 0.25) is 0 Å². The maximum atomic E-state index is 12.2. The number of epoxide rings is 1. The fourth-order valence-electron chi connectivity index (χ4n) is 7.07. The van der Waals surface area contributed by atoms with Gasteiger partial charge in [0.25, 0.3) is 0 Å². The average molecular weight is 735 g/mol. The Morgan fingerprint density at radius 1 is 0.615 bits per heavy atom. The van der Waals surface area contributed by atoms with Crippen molar-refractivity contribution in [3.05, 3.63) is 12.2 Å². The highest BCUT2D eigenvalue weighted by Gasteiger charge is 2.36. The number of rotatable bonds is 40. The molecule has 306 valence electrons. The molecule has 52 heavy (non-hydrogen) atoms. The van der Waals surface area contributed by atoms with Gasteiger partial charge in [-0.15, -0.1) is 0 Å². The maximum Gasteiger partial charge on any atom is 0.306 e. The van der Waals surface area contributed by atoms with Crippen LogP contribution in [0.5, 0.6) is 0 Å². The SMILES string of the molecule is CCCCC/C=C\CC1OC1CCCCCCCC(=O)OC[C@H](CO)OC(=O)CCCCCCCCCCCCCCCCCCCCC(C)CC. The second kappa shape index (κ2) is 36.6. The molecule has 1 aliphatic heterocycles. The maximum absolute atomic E-state index is 12.2. The van der Waals surface area contributed by atoms with Crippen molar-refractivity contribution in [1.29, 1.82) is 0 Å². The monoisotopic (exact) mass is 735 g/mol. The summed E-state index contributed by atoms with van der Waals surface area (Å²) < 4.78 is 16.4. The number of hydrogen-bond acceptors (Lipinski definition) is 6. The number of hydrogen-bond donors (Lipinski definition) is 1. The van der Waals surface area contributed by atoms with Crippen LogP contribution in [0.1, 0.15) is 233 Å². The molecule has 0 aromatic rings. The van der Waals surface area contributed by atoms with E-state index < -0.39 is 6.10 Å². The van der Waals surface area contributed by atoms with Crippen molar-refractivity contribution in [2.75, 3.05) is 13.2 Å². The van der Waals surface area contributed by atoms with E-state index in [4.69, 9.17) is 14.2 Å². The zero-order chi connectivity index (χ0) is 37.7. The van der Waals surface area contributed by atoms with E-state index in [1.54, 1.807) is 0 Å². The van der Waals surface area contributed by atoms with Crippen molar-refractivity contribution < 1.29 is 28.9 Å². The zero-order valence-electron chi connectivity index (χ0n) is 34.7. The fraction of sp³-hybridized carbons (Fsp3) is 0.913. The largest absolute Gasteiger partial charge is 0.462 e. The number of esters is 2.